The third-order valence-corrected chi connectivity index (χ3v) is 5.52. The Bertz CT molecular complexity index is 825. The van der Waals surface area contributed by atoms with Crippen molar-refractivity contribution >= 4 is 29.9 Å². The highest BCUT2D eigenvalue weighted by Crippen LogP contribution is 2.14. The molecule has 8 heteroatoms. The Kier molecular flexibility index (Phi) is 11.2. The Morgan fingerprint density at radius 1 is 1.12 bits per heavy atom. The fraction of sp³-hybridized carbons (Fsp3) is 0.458. The van der Waals surface area contributed by atoms with Crippen LogP contribution in [0, 0.1) is 5.82 Å². The van der Waals surface area contributed by atoms with E-state index in [4.69, 9.17) is 4.74 Å². The summed E-state index contributed by atoms with van der Waals surface area (Å²) in [6.45, 7) is 4.66. The number of nitrogens with one attached hydrogen (secondary N) is 1. The first-order valence-electron chi connectivity index (χ1n) is 10.8. The van der Waals surface area contributed by atoms with Crippen LogP contribution in [-0.4, -0.2) is 67.3 Å². The third kappa shape index (κ3) is 8.55. The fourth-order valence-electron chi connectivity index (χ4n) is 3.60. The molecule has 0 radical (unpaired) electrons. The lowest BCUT2D eigenvalue weighted by Crippen LogP contribution is -2.40. The van der Waals surface area contributed by atoms with E-state index < -0.39 is 0 Å². The maximum atomic E-state index is 13.0. The van der Waals surface area contributed by atoms with Crippen molar-refractivity contribution in [1.29, 1.82) is 0 Å². The van der Waals surface area contributed by atoms with Gasteiger partial charge in [-0.2, -0.15) is 0 Å². The van der Waals surface area contributed by atoms with Gasteiger partial charge < -0.3 is 20.1 Å². The molecule has 1 saturated heterocycles. The smallest absolute Gasteiger partial charge is 0.193 e. The van der Waals surface area contributed by atoms with Crippen molar-refractivity contribution < 1.29 is 14.2 Å². The molecule has 0 atom stereocenters. The highest BCUT2D eigenvalue weighted by Gasteiger charge is 2.16. The van der Waals surface area contributed by atoms with Crippen LogP contribution >= 0.6 is 24.0 Å². The minimum absolute atomic E-state index is 0. The predicted molar refractivity (Wildman–Crippen MR) is 137 cm³/mol. The molecular weight excluding hydrogens is 522 g/mol. The second-order valence-corrected chi connectivity index (χ2v) is 7.95. The summed E-state index contributed by atoms with van der Waals surface area (Å²) in [4.78, 5) is 8.74. The van der Waals surface area contributed by atoms with E-state index in [1.807, 2.05) is 11.9 Å². The molecule has 3 rings (SSSR count). The quantitative estimate of drug-likeness (QED) is 0.296. The predicted octanol–water partition coefficient (Wildman–Crippen LogP) is 3.49. The number of hydrogen-bond donors (Lipinski definition) is 2. The standard InChI is InChI=1S/C24H33FN4O2.HI/c1-26-24(28(2)15-16-31-23-9-7-21(25)8-10-23)27-17-19-3-5-20(6-4-19)18-29-13-11-22(30)12-14-29;/h3-10,22,30H,11-18H2,1-2H3,(H,26,27);1H. The number of aliphatic imine (C=N–C) groups is 1. The van der Waals surface area contributed by atoms with Crippen LogP contribution in [0.2, 0.25) is 0 Å². The third-order valence-electron chi connectivity index (χ3n) is 5.52. The summed E-state index contributed by atoms with van der Waals surface area (Å²) < 4.78 is 18.6. The molecule has 32 heavy (non-hydrogen) atoms. The van der Waals surface area contributed by atoms with Crippen LogP contribution in [0.1, 0.15) is 24.0 Å². The van der Waals surface area contributed by atoms with Crippen LogP contribution < -0.4 is 10.1 Å². The molecule has 1 fully saturated rings. The van der Waals surface area contributed by atoms with E-state index in [2.05, 4.69) is 39.5 Å². The van der Waals surface area contributed by atoms with Crippen molar-refractivity contribution in [3.63, 3.8) is 0 Å². The van der Waals surface area contributed by atoms with Crippen LogP contribution in [-0.2, 0) is 13.1 Å². The van der Waals surface area contributed by atoms with Crippen LogP contribution in [0.5, 0.6) is 5.75 Å². The van der Waals surface area contributed by atoms with E-state index in [1.54, 1.807) is 19.2 Å². The molecule has 2 aromatic carbocycles. The summed E-state index contributed by atoms with van der Waals surface area (Å²) >= 11 is 0. The summed E-state index contributed by atoms with van der Waals surface area (Å²) in [5.41, 5.74) is 2.48. The molecule has 0 amide bonds. The highest BCUT2D eigenvalue weighted by atomic mass is 127. The number of aliphatic hydroxyl groups is 1. The number of piperidine rings is 1. The van der Waals surface area contributed by atoms with Gasteiger partial charge in [-0.3, -0.25) is 9.89 Å². The van der Waals surface area contributed by atoms with E-state index in [1.165, 1.54) is 23.3 Å². The number of likely N-dealkylation sites (tertiary alicyclic amines) is 1. The number of aliphatic hydroxyl groups excluding tert-OH is 1. The summed E-state index contributed by atoms with van der Waals surface area (Å²) in [5, 5.41) is 13.0. The maximum Gasteiger partial charge on any atom is 0.193 e. The monoisotopic (exact) mass is 556 g/mol. The van der Waals surface area contributed by atoms with E-state index in [0.29, 0.717) is 25.4 Å². The summed E-state index contributed by atoms with van der Waals surface area (Å²) in [7, 11) is 3.72. The second-order valence-electron chi connectivity index (χ2n) is 7.95. The Morgan fingerprint density at radius 3 is 2.38 bits per heavy atom. The number of benzene rings is 2. The number of halogens is 2. The number of likely N-dealkylation sites (N-methyl/N-ethyl adjacent to an activating group) is 1. The first-order chi connectivity index (χ1) is 15.0. The van der Waals surface area contributed by atoms with Gasteiger partial charge in [0.05, 0.1) is 12.6 Å². The molecule has 2 aromatic rings. The number of ether oxygens (including phenoxy) is 1. The van der Waals surface area contributed by atoms with Crippen molar-refractivity contribution in [3.8, 4) is 5.75 Å². The van der Waals surface area contributed by atoms with E-state index in [0.717, 1.165) is 38.4 Å². The molecule has 0 aromatic heterocycles. The minimum Gasteiger partial charge on any atom is -0.492 e. The molecule has 1 heterocycles. The average molecular weight is 556 g/mol. The Hall–Kier alpha value is -1.91. The first kappa shape index (κ1) is 26.3. The largest absolute Gasteiger partial charge is 0.492 e. The molecule has 2 N–H and O–H groups in total. The summed E-state index contributed by atoms with van der Waals surface area (Å²) in [5.74, 6) is 1.17. The molecule has 0 spiro atoms. The normalized spacial score (nSPS) is 15.2. The summed E-state index contributed by atoms with van der Waals surface area (Å²) in [6, 6.07) is 14.7. The van der Waals surface area contributed by atoms with Gasteiger partial charge in [-0.1, -0.05) is 24.3 Å². The average Bonchev–Trinajstić information content (AvgIpc) is 2.78. The van der Waals surface area contributed by atoms with Crippen molar-refractivity contribution in [3.05, 3.63) is 65.5 Å². The lowest BCUT2D eigenvalue weighted by molar-refractivity contribution is 0.0792. The lowest BCUT2D eigenvalue weighted by atomic mass is 10.1. The van der Waals surface area contributed by atoms with Gasteiger partial charge >= 0.3 is 0 Å². The molecule has 1 aliphatic heterocycles. The van der Waals surface area contributed by atoms with Crippen molar-refractivity contribution in [2.24, 2.45) is 4.99 Å². The van der Waals surface area contributed by atoms with Gasteiger partial charge in [0.15, 0.2) is 5.96 Å². The highest BCUT2D eigenvalue weighted by molar-refractivity contribution is 14.0. The van der Waals surface area contributed by atoms with Crippen molar-refractivity contribution in [1.82, 2.24) is 15.1 Å². The van der Waals surface area contributed by atoms with E-state index >= 15 is 0 Å². The van der Waals surface area contributed by atoms with E-state index in [-0.39, 0.29) is 35.9 Å². The molecule has 1 aliphatic rings. The maximum absolute atomic E-state index is 13.0. The van der Waals surface area contributed by atoms with Crippen molar-refractivity contribution in [2.75, 3.05) is 40.3 Å². The molecule has 0 saturated carbocycles. The first-order valence-corrected chi connectivity index (χ1v) is 10.8. The second kappa shape index (κ2) is 13.6. The number of rotatable bonds is 8. The SMILES string of the molecule is CN=C(NCc1ccc(CN2CCC(O)CC2)cc1)N(C)CCOc1ccc(F)cc1.I. The zero-order valence-electron chi connectivity index (χ0n) is 18.8. The minimum atomic E-state index is -0.270. The van der Waals surface area contributed by atoms with E-state index in [9.17, 15) is 9.50 Å². The lowest BCUT2D eigenvalue weighted by Gasteiger charge is -2.29. The van der Waals surface area contributed by atoms with Crippen LogP contribution in [0.15, 0.2) is 53.5 Å². The van der Waals surface area contributed by atoms with Gasteiger partial charge in [0, 0.05) is 40.3 Å². The number of guanidine groups is 1. The summed E-state index contributed by atoms with van der Waals surface area (Å²) in [6.07, 6.45) is 1.60. The topological polar surface area (TPSA) is 60.3 Å². The Balaban J connectivity index is 0.00000363. The van der Waals surface area contributed by atoms with Gasteiger partial charge in [0.1, 0.15) is 18.2 Å². The van der Waals surface area contributed by atoms with Gasteiger partial charge in [-0.25, -0.2) is 4.39 Å². The zero-order valence-corrected chi connectivity index (χ0v) is 21.2. The van der Waals surface area contributed by atoms with Gasteiger partial charge in [-0.15, -0.1) is 24.0 Å². The van der Waals surface area contributed by atoms with Crippen LogP contribution in [0.25, 0.3) is 0 Å². The van der Waals surface area contributed by atoms with Gasteiger partial charge in [-0.05, 0) is 48.2 Å². The van der Waals surface area contributed by atoms with Gasteiger partial charge in [0.25, 0.3) is 0 Å². The molecule has 6 nitrogen and oxygen atoms in total. The molecule has 0 bridgehead atoms. The molecule has 0 unspecified atom stereocenters. The van der Waals surface area contributed by atoms with Crippen LogP contribution in [0.3, 0.4) is 0 Å². The number of hydrogen-bond acceptors (Lipinski definition) is 4. The zero-order chi connectivity index (χ0) is 22.1. The Morgan fingerprint density at radius 2 is 1.75 bits per heavy atom. The fourth-order valence-corrected chi connectivity index (χ4v) is 3.60. The molecule has 0 aliphatic carbocycles. The molecule has 176 valence electrons. The van der Waals surface area contributed by atoms with Crippen LogP contribution in [0.4, 0.5) is 4.39 Å². The van der Waals surface area contributed by atoms with Gasteiger partial charge in [0.2, 0.25) is 0 Å². The number of nitrogens with zero attached hydrogens (tertiary/aromatic N) is 3. The molecular formula is C24H34FIN4O2. The van der Waals surface area contributed by atoms with Crippen molar-refractivity contribution in [2.45, 2.75) is 32.0 Å². The Labute approximate surface area is 207 Å².